The van der Waals surface area contributed by atoms with Gasteiger partial charge in [-0.15, -0.1) is 0 Å². The molecule has 0 aliphatic heterocycles. The third-order valence-electron chi connectivity index (χ3n) is 5.43. The molecule has 0 spiro atoms. The van der Waals surface area contributed by atoms with E-state index >= 15 is 0 Å². The summed E-state index contributed by atoms with van der Waals surface area (Å²) in [6.07, 6.45) is 2.28. The minimum absolute atomic E-state index is 0.00319. The van der Waals surface area contributed by atoms with Crippen LogP contribution in [0.1, 0.15) is 52.1 Å². The molecular formula is C23H29N6O8P. The largest absolute Gasteiger partial charge is 0.472 e. The van der Waals surface area contributed by atoms with Gasteiger partial charge in [0, 0.05) is 24.8 Å². The van der Waals surface area contributed by atoms with Crippen LogP contribution in [0.2, 0.25) is 0 Å². The molecule has 2 heterocycles. The number of benzene rings is 1. The molecule has 38 heavy (non-hydrogen) atoms. The summed E-state index contributed by atoms with van der Waals surface area (Å²) < 4.78 is 21.7. The van der Waals surface area contributed by atoms with Gasteiger partial charge in [-0.25, -0.2) is 28.3 Å². The molecule has 0 saturated carbocycles. The van der Waals surface area contributed by atoms with Crippen LogP contribution < -0.4 is 15.5 Å². The Morgan fingerprint density at radius 3 is 2.53 bits per heavy atom. The lowest BCUT2D eigenvalue weighted by Gasteiger charge is -2.24. The maximum Gasteiger partial charge on any atom is 0.472 e. The van der Waals surface area contributed by atoms with Crippen LogP contribution in [-0.2, 0) is 13.8 Å². The van der Waals surface area contributed by atoms with E-state index in [0.717, 1.165) is 11.3 Å². The maximum atomic E-state index is 13.4. The van der Waals surface area contributed by atoms with Crippen molar-refractivity contribution in [3.05, 3.63) is 53.0 Å². The van der Waals surface area contributed by atoms with E-state index in [4.69, 9.17) is 14.5 Å². The number of hydrogen-bond acceptors (Lipinski definition) is 8. The normalized spacial score (nSPS) is 11.3. The van der Waals surface area contributed by atoms with Gasteiger partial charge in [0.1, 0.15) is 11.8 Å². The zero-order chi connectivity index (χ0) is 28.0. The van der Waals surface area contributed by atoms with E-state index in [-0.39, 0.29) is 28.9 Å². The highest BCUT2D eigenvalue weighted by Crippen LogP contribution is 2.37. The van der Waals surface area contributed by atoms with Gasteiger partial charge in [-0.2, -0.15) is 5.10 Å². The fourth-order valence-corrected chi connectivity index (χ4v) is 3.82. The van der Waals surface area contributed by atoms with E-state index in [1.807, 2.05) is 6.92 Å². The standard InChI is InChI=1S/C23H29N6O8P/c1-5-9-25-21(30)16-8-7-14(3)18(10-16)29(23(32)36-13-37-38(33,34)35)20-19-15(4)17(22(31)24-6-2)11-28(19)27-12-26-20/h7-8,10-12H,5-6,9,13H2,1-4H3,(H,24,31)(H,25,30)(H2,33,34,35). The highest BCUT2D eigenvalue weighted by molar-refractivity contribution is 7.46. The number of rotatable bonds is 10. The summed E-state index contributed by atoms with van der Waals surface area (Å²) in [6, 6.07) is 4.69. The molecule has 4 N–H and O–H groups in total. The maximum absolute atomic E-state index is 13.4. The first-order valence-electron chi connectivity index (χ1n) is 11.6. The number of ether oxygens (including phenoxy) is 1. The minimum atomic E-state index is -4.92. The zero-order valence-corrected chi connectivity index (χ0v) is 22.2. The van der Waals surface area contributed by atoms with Crippen LogP contribution in [-0.4, -0.2) is 62.2 Å². The van der Waals surface area contributed by atoms with Crippen molar-refractivity contribution >= 4 is 42.8 Å². The molecule has 1 aromatic carbocycles. The number of carbonyl (C=O) groups excluding carboxylic acids is 3. The number of phosphoric acid groups is 1. The molecule has 15 heteroatoms. The summed E-state index contributed by atoms with van der Waals surface area (Å²) in [5.41, 5.74) is 2.07. The predicted molar refractivity (Wildman–Crippen MR) is 136 cm³/mol. The molecule has 0 unspecified atom stereocenters. The number of nitrogens with one attached hydrogen (secondary N) is 2. The van der Waals surface area contributed by atoms with Gasteiger partial charge in [0.2, 0.25) is 6.79 Å². The molecule has 0 saturated heterocycles. The van der Waals surface area contributed by atoms with Gasteiger partial charge in [-0.1, -0.05) is 13.0 Å². The molecule has 0 aliphatic rings. The van der Waals surface area contributed by atoms with Crippen molar-refractivity contribution in [3.63, 3.8) is 0 Å². The van der Waals surface area contributed by atoms with E-state index in [1.54, 1.807) is 32.9 Å². The molecule has 204 valence electrons. The average molecular weight is 548 g/mol. The Kier molecular flexibility index (Phi) is 9.17. The molecular weight excluding hydrogens is 519 g/mol. The van der Waals surface area contributed by atoms with E-state index < -0.39 is 20.7 Å². The smallest absolute Gasteiger partial charge is 0.421 e. The lowest BCUT2D eigenvalue weighted by molar-refractivity contribution is 0.0445. The zero-order valence-electron chi connectivity index (χ0n) is 21.3. The molecule has 0 bridgehead atoms. The average Bonchev–Trinajstić information content (AvgIpc) is 3.20. The summed E-state index contributed by atoms with van der Waals surface area (Å²) in [5, 5.41) is 9.63. The van der Waals surface area contributed by atoms with Crippen LogP contribution in [0, 0.1) is 13.8 Å². The Morgan fingerprint density at radius 2 is 1.87 bits per heavy atom. The lowest BCUT2D eigenvalue weighted by Crippen LogP contribution is -2.30. The van der Waals surface area contributed by atoms with Crippen molar-refractivity contribution in [1.82, 2.24) is 25.2 Å². The molecule has 2 aromatic heterocycles. The van der Waals surface area contributed by atoms with Crippen molar-refractivity contribution < 1.29 is 38.0 Å². The first kappa shape index (κ1) is 28.7. The van der Waals surface area contributed by atoms with E-state index in [2.05, 4.69) is 25.2 Å². The summed E-state index contributed by atoms with van der Waals surface area (Å²) in [5.74, 6) is -0.712. The number of nitrogens with zero attached hydrogens (tertiary/aromatic N) is 4. The molecule has 0 atom stereocenters. The molecule has 0 fully saturated rings. The highest BCUT2D eigenvalue weighted by Gasteiger charge is 2.29. The van der Waals surface area contributed by atoms with Crippen molar-refractivity contribution in [2.45, 2.75) is 34.1 Å². The van der Waals surface area contributed by atoms with Crippen LogP contribution in [0.25, 0.3) is 5.52 Å². The second-order valence-corrected chi connectivity index (χ2v) is 9.38. The van der Waals surface area contributed by atoms with Gasteiger partial charge >= 0.3 is 13.9 Å². The topological polar surface area (TPSA) is 185 Å². The molecule has 3 amide bonds. The van der Waals surface area contributed by atoms with Crippen molar-refractivity contribution in [2.75, 3.05) is 24.8 Å². The number of aryl methyl sites for hydroxylation is 2. The Bertz CT molecular complexity index is 1400. The molecule has 3 rings (SSSR count). The number of hydrogen-bond donors (Lipinski definition) is 4. The fraction of sp³-hybridized carbons (Fsp3) is 0.348. The van der Waals surface area contributed by atoms with E-state index in [9.17, 15) is 18.9 Å². The van der Waals surface area contributed by atoms with Gasteiger partial charge in [0.15, 0.2) is 5.82 Å². The molecule has 0 aliphatic carbocycles. The van der Waals surface area contributed by atoms with Gasteiger partial charge in [0.25, 0.3) is 11.8 Å². The second kappa shape index (κ2) is 12.1. The highest BCUT2D eigenvalue weighted by atomic mass is 31.2. The number of carbonyl (C=O) groups is 3. The third kappa shape index (κ3) is 6.53. The van der Waals surface area contributed by atoms with Crippen molar-refractivity contribution in [1.29, 1.82) is 0 Å². The molecule has 0 radical (unpaired) electrons. The number of amides is 3. The van der Waals surface area contributed by atoms with Crippen LogP contribution in [0.15, 0.2) is 30.7 Å². The first-order chi connectivity index (χ1) is 18.0. The SMILES string of the molecule is CCCNC(=O)c1ccc(C)c(N(C(=O)OCOP(=O)(O)O)c2ncnn3cc(C(=O)NCC)c(C)c23)c1. The van der Waals surface area contributed by atoms with Crippen LogP contribution in [0.5, 0.6) is 0 Å². The Morgan fingerprint density at radius 1 is 1.13 bits per heavy atom. The predicted octanol–water partition coefficient (Wildman–Crippen LogP) is 2.58. The van der Waals surface area contributed by atoms with Crippen LogP contribution in [0.3, 0.4) is 0 Å². The monoisotopic (exact) mass is 548 g/mol. The molecule has 14 nitrogen and oxygen atoms in total. The van der Waals surface area contributed by atoms with Crippen LogP contribution in [0.4, 0.5) is 16.3 Å². The number of aromatic nitrogens is 3. The number of fused-ring (bicyclic) bond motifs is 1. The minimum Gasteiger partial charge on any atom is -0.421 e. The Balaban J connectivity index is 2.18. The van der Waals surface area contributed by atoms with Gasteiger partial charge in [-0.05, 0) is 50.5 Å². The van der Waals surface area contributed by atoms with Crippen molar-refractivity contribution in [2.24, 2.45) is 0 Å². The summed E-state index contributed by atoms with van der Waals surface area (Å²) in [4.78, 5) is 61.9. The number of phosphoric ester groups is 1. The van der Waals surface area contributed by atoms with E-state index in [1.165, 1.54) is 23.1 Å². The van der Waals surface area contributed by atoms with Gasteiger partial charge in [0.05, 0.1) is 11.3 Å². The summed E-state index contributed by atoms with van der Waals surface area (Å²) in [6.45, 7) is 6.83. The third-order valence-corrected chi connectivity index (χ3v) is 5.88. The summed E-state index contributed by atoms with van der Waals surface area (Å²) >= 11 is 0. The first-order valence-corrected chi connectivity index (χ1v) is 13.2. The van der Waals surface area contributed by atoms with E-state index in [0.29, 0.717) is 35.3 Å². The fourth-order valence-electron chi connectivity index (χ4n) is 3.63. The van der Waals surface area contributed by atoms with Gasteiger partial charge < -0.3 is 25.2 Å². The molecule has 3 aromatic rings. The summed E-state index contributed by atoms with van der Waals surface area (Å²) in [7, 11) is -4.92. The van der Waals surface area contributed by atoms with Crippen molar-refractivity contribution in [3.8, 4) is 0 Å². The Hall–Kier alpha value is -3.84. The van der Waals surface area contributed by atoms with Crippen LogP contribution >= 0.6 is 7.82 Å². The quantitative estimate of drug-likeness (QED) is 0.217. The Labute approximate surface area is 218 Å². The number of anilines is 2. The second-order valence-electron chi connectivity index (χ2n) is 8.14. The lowest BCUT2D eigenvalue weighted by atomic mass is 10.1. The van der Waals surface area contributed by atoms with Gasteiger partial charge in [-0.3, -0.25) is 9.59 Å².